The van der Waals surface area contributed by atoms with Crippen LogP contribution in [0.1, 0.15) is 49.0 Å². The van der Waals surface area contributed by atoms with E-state index in [2.05, 4.69) is 32.0 Å². The van der Waals surface area contributed by atoms with Crippen LogP contribution >= 0.6 is 11.8 Å². The first kappa shape index (κ1) is 11.0. The SMILES string of the molecule is CC(C)c1ccc2c(c1)C(O)CCSC2. The van der Waals surface area contributed by atoms with Crippen LogP contribution in [-0.4, -0.2) is 10.9 Å². The maximum atomic E-state index is 10.0. The Bertz CT molecular complexity index is 346. The standard InChI is InChI=1S/C13H18OS/c1-9(2)10-3-4-11-8-15-6-5-13(14)12(11)7-10/h3-4,7,9,13-14H,5-6,8H2,1-2H3. The Balaban J connectivity index is 2.39. The molecule has 1 aromatic carbocycles. The number of rotatable bonds is 1. The molecule has 1 atom stereocenters. The lowest BCUT2D eigenvalue weighted by Crippen LogP contribution is -2.01. The number of hydrogen-bond donors (Lipinski definition) is 1. The molecule has 1 heterocycles. The van der Waals surface area contributed by atoms with Gasteiger partial charge < -0.3 is 5.11 Å². The second-order valence-corrected chi connectivity index (χ2v) is 5.58. The zero-order valence-corrected chi connectivity index (χ0v) is 10.2. The zero-order chi connectivity index (χ0) is 10.8. The smallest absolute Gasteiger partial charge is 0.0801 e. The van der Waals surface area contributed by atoms with E-state index in [1.807, 2.05) is 11.8 Å². The lowest BCUT2D eigenvalue weighted by molar-refractivity contribution is 0.175. The predicted octanol–water partition coefficient (Wildman–Crippen LogP) is 3.48. The van der Waals surface area contributed by atoms with Crippen LogP contribution in [0.2, 0.25) is 0 Å². The minimum atomic E-state index is -0.256. The summed E-state index contributed by atoms with van der Waals surface area (Å²) in [6.07, 6.45) is 0.632. The second kappa shape index (κ2) is 4.58. The van der Waals surface area contributed by atoms with Gasteiger partial charge in [-0.05, 0) is 34.8 Å². The second-order valence-electron chi connectivity index (χ2n) is 4.47. The van der Waals surface area contributed by atoms with Crippen molar-refractivity contribution in [2.75, 3.05) is 5.75 Å². The molecule has 0 saturated heterocycles. The van der Waals surface area contributed by atoms with E-state index in [-0.39, 0.29) is 6.10 Å². The minimum Gasteiger partial charge on any atom is -0.388 e. The molecule has 1 N–H and O–H groups in total. The highest BCUT2D eigenvalue weighted by molar-refractivity contribution is 7.98. The van der Waals surface area contributed by atoms with Crippen LogP contribution in [0, 0.1) is 0 Å². The molecule has 0 fully saturated rings. The Kier molecular flexibility index (Phi) is 3.37. The van der Waals surface area contributed by atoms with Crippen molar-refractivity contribution in [3.8, 4) is 0 Å². The van der Waals surface area contributed by atoms with Gasteiger partial charge in [-0.3, -0.25) is 0 Å². The van der Waals surface area contributed by atoms with E-state index in [1.54, 1.807) is 0 Å². The number of thioether (sulfide) groups is 1. The first-order valence-corrected chi connectivity index (χ1v) is 6.72. The summed E-state index contributed by atoms with van der Waals surface area (Å²) in [5, 5.41) is 10.0. The lowest BCUT2D eigenvalue weighted by Gasteiger charge is -2.14. The summed E-state index contributed by atoms with van der Waals surface area (Å²) in [6.45, 7) is 4.39. The molecule has 0 radical (unpaired) electrons. The third-order valence-electron chi connectivity index (χ3n) is 2.99. The average Bonchev–Trinajstić information content (AvgIpc) is 2.40. The Morgan fingerprint density at radius 2 is 2.20 bits per heavy atom. The largest absolute Gasteiger partial charge is 0.388 e. The molecule has 0 saturated carbocycles. The van der Waals surface area contributed by atoms with Crippen LogP contribution in [-0.2, 0) is 5.75 Å². The summed E-state index contributed by atoms with van der Waals surface area (Å²) in [7, 11) is 0. The monoisotopic (exact) mass is 222 g/mol. The Morgan fingerprint density at radius 3 is 2.93 bits per heavy atom. The van der Waals surface area contributed by atoms with Crippen LogP contribution in [0.3, 0.4) is 0 Å². The van der Waals surface area contributed by atoms with Crippen molar-refractivity contribution in [3.63, 3.8) is 0 Å². The van der Waals surface area contributed by atoms with Gasteiger partial charge in [0.2, 0.25) is 0 Å². The van der Waals surface area contributed by atoms with Gasteiger partial charge in [0.15, 0.2) is 0 Å². The maximum Gasteiger partial charge on any atom is 0.0801 e. The van der Waals surface area contributed by atoms with Gasteiger partial charge in [0.05, 0.1) is 6.10 Å². The summed E-state index contributed by atoms with van der Waals surface area (Å²) >= 11 is 1.92. The number of aliphatic hydroxyl groups excluding tert-OH is 1. The Morgan fingerprint density at radius 1 is 1.40 bits per heavy atom. The van der Waals surface area contributed by atoms with Gasteiger partial charge in [-0.1, -0.05) is 32.0 Å². The molecule has 1 unspecified atom stereocenters. The van der Waals surface area contributed by atoms with Gasteiger partial charge in [-0.25, -0.2) is 0 Å². The van der Waals surface area contributed by atoms with Gasteiger partial charge >= 0.3 is 0 Å². The van der Waals surface area contributed by atoms with Gasteiger partial charge in [-0.15, -0.1) is 0 Å². The highest BCUT2D eigenvalue weighted by Crippen LogP contribution is 2.32. The number of aliphatic hydroxyl groups is 1. The van der Waals surface area contributed by atoms with E-state index in [0.717, 1.165) is 23.5 Å². The van der Waals surface area contributed by atoms with Crippen molar-refractivity contribution in [1.82, 2.24) is 0 Å². The van der Waals surface area contributed by atoms with Gasteiger partial charge in [0, 0.05) is 5.75 Å². The molecule has 0 aromatic heterocycles. The Labute approximate surface area is 95.9 Å². The van der Waals surface area contributed by atoms with Crippen molar-refractivity contribution in [2.45, 2.75) is 38.0 Å². The highest BCUT2D eigenvalue weighted by Gasteiger charge is 2.17. The van der Waals surface area contributed by atoms with Crippen molar-refractivity contribution >= 4 is 11.8 Å². The fourth-order valence-corrected chi connectivity index (χ4v) is 2.96. The van der Waals surface area contributed by atoms with Gasteiger partial charge in [0.1, 0.15) is 0 Å². The first-order chi connectivity index (χ1) is 7.18. The molecule has 2 heteroatoms. The minimum absolute atomic E-state index is 0.256. The molecule has 2 rings (SSSR count). The summed E-state index contributed by atoms with van der Waals surface area (Å²) in [4.78, 5) is 0. The van der Waals surface area contributed by atoms with E-state index >= 15 is 0 Å². The molecule has 0 bridgehead atoms. The molecule has 1 aliphatic heterocycles. The lowest BCUT2D eigenvalue weighted by atomic mass is 9.94. The van der Waals surface area contributed by atoms with E-state index in [4.69, 9.17) is 0 Å². The predicted molar refractivity (Wildman–Crippen MR) is 66.3 cm³/mol. The topological polar surface area (TPSA) is 20.2 Å². The van der Waals surface area contributed by atoms with Crippen molar-refractivity contribution in [1.29, 1.82) is 0 Å². The molecule has 0 aliphatic carbocycles. The van der Waals surface area contributed by atoms with Crippen LogP contribution in [0.5, 0.6) is 0 Å². The van der Waals surface area contributed by atoms with Crippen LogP contribution in [0.25, 0.3) is 0 Å². The number of hydrogen-bond acceptors (Lipinski definition) is 2. The van der Waals surface area contributed by atoms with Crippen LogP contribution in [0.4, 0.5) is 0 Å². The average molecular weight is 222 g/mol. The van der Waals surface area contributed by atoms with Crippen molar-refractivity contribution < 1.29 is 5.11 Å². The molecule has 82 valence electrons. The van der Waals surface area contributed by atoms with E-state index < -0.39 is 0 Å². The fourth-order valence-electron chi connectivity index (χ4n) is 1.95. The number of fused-ring (bicyclic) bond motifs is 1. The third-order valence-corrected chi connectivity index (χ3v) is 4.03. The molecule has 1 nitrogen and oxygen atoms in total. The van der Waals surface area contributed by atoms with E-state index in [0.29, 0.717) is 5.92 Å². The molecule has 0 spiro atoms. The number of benzene rings is 1. The van der Waals surface area contributed by atoms with Crippen LogP contribution in [0.15, 0.2) is 18.2 Å². The first-order valence-electron chi connectivity index (χ1n) is 5.57. The molecular formula is C13H18OS. The Hall–Kier alpha value is -0.470. The van der Waals surface area contributed by atoms with Gasteiger partial charge in [-0.2, -0.15) is 11.8 Å². The molecule has 1 aromatic rings. The van der Waals surface area contributed by atoms with E-state index in [1.165, 1.54) is 11.1 Å². The summed E-state index contributed by atoms with van der Waals surface area (Å²) in [6, 6.07) is 6.57. The highest BCUT2D eigenvalue weighted by atomic mass is 32.2. The fraction of sp³-hybridized carbons (Fsp3) is 0.538. The zero-order valence-electron chi connectivity index (χ0n) is 9.36. The quantitative estimate of drug-likeness (QED) is 0.785. The van der Waals surface area contributed by atoms with Crippen LogP contribution < -0.4 is 0 Å². The maximum absolute atomic E-state index is 10.0. The molecule has 0 amide bonds. The summed E-state index contributed by atoms with van der Waals surface area (Å²) in [5.41, 5.74) is 3.81. The van der Waals surface area contributed by atoms with Crippen molar-refractivity contribution in [3.05, 3.63) is 34.9 Å². The third kappa shape index (κ3) is 2.37. The summed E-state index contributed by atoms with van der Waals surface area (Å²) in [5.74, 6) is 2.65. The van der Waals surface area contributed by atoms with Crippen molar-refractivity contribution in [2.24, 2.45) is 0 Å². The molecule has 15 heavy (non-hydrogen) atoms. The van der Waals surface area contributed by atoms with E-state index in [9.17, 15) is 5.11 Å². The molecule has 1 aliphatic rings. The normalized spacial score (nSPS) is 21.2. The molecular weight excluding hydrogens is 204 g/mol. The van der Waals surface area contributed by atoms with Gasteiger partial charge in [0.25, 0.3) is 0 Å². The summed E-state index contributed by atoms with van der Waals surface area (Å²) < 4.78 is 0.